The van der Waals surface area contributed by atoms with Crippen molar-refractivity contribution in [2.75, 3.05) is 25.4 Å². The molecule has 1 aromatic heterocycles. The van der Waals surface area contributed by atoms with Crippen molar-refractivity contribution in [2.24, 2.45) is 15.1 Å². The smallest absolute Gasteiger partial charge is 0.233 e. The number of ketones is 1. The van der Waals surface area contributed by atoms with Crippen LogP contribution >= 0.6 is 0 Å². The topological polar surface area (TPSA) is 123 Å². The van der Waals surface area contributed by atoms with Gasteiger partial charge in [-0.15, -0.1) is 5.92 Å². The number of ether oxygens (including phenoxy) is 1. The lowest BCUT2D eigenvalue weighted by Crippen LogP contribution is -2.52. The average Bonchev–Trinajstić information content (AvgIpc) is 3.02. The molecule has 0 saturated carbocycles. The van der Waals surface area contributed by atoms with E-state index in [0.29, 0.717) is 18.7 Å². The molecule has 0 unspecified atom stereocenters. The molecule has 4 rings (SSSR count). The molecule has 2 aliphatic rings. The fraction of sp³-hybridized carbons (Fsp3) is 0.417. The van der Waals surface area contributed by atoms with Crippen LogP contribution in [0.15, 0.2) is 39.9 Å². The summed E-state index contributed by atoms with van der Waals surface area (Å²) in [6, 6.07) is 4.40. The van der Waals surface area contributed by atoms with E-state index in [9.17, 15) is 9.00 Å². The van der Waals surface area contributed by atoms with Crippen LogP contribution in [0.25, 0.3) is 0 Å². The molecule has 2 aliphatic heterocycles. The number of halogens is 1. The predicted octanol–water partition coefficient (Wildman–Crippen LogP) is 2.47. The lowest BCUT2D eigenvalue weighted by molar-refractivity contribution is 0.0987. The SMILES string of the molecule is CC#CCOc1cnc(C(=O)Cc2ccc(F)c([C@]3(C)C[S@@]4(=O)=NCCCCN4C(N)=N3)c2)cn1. The molecular weight excluding hydrogens is 471 g/mol. The zero-order valence-electron chi connectivity index (χ0n) is 19.7. The first-order valence-corrected chi connectivity index (χ1v) is 12.9. The molecule has 0 amide bonds. The highest BCUT2D eigenvalue weighted by Gasteiger charge is 2.42. The summed E-state index contributed by atoms with van der Waals surface area (Å²) < 4.78 is 39.9. The number of guanidine groups is 1. The standard InChI is InChI=1S/C24H27FN6O3S/c1-3-4-11-34-22-15-27-20(14-28-22)21(32)13-17-7-8-19(25)18(12-17)24(2)16-35(33)29-9-5-6-10-31(35)23(26)30-24/h7-8,12,14-15H,5-6,9-11,13,16H2,1-2H3,(H2,26,30)/t24-,35+/m0/s1. The zero-order valence-corrected chi connectivity index (χ0v) is 20.5. The summed E-state index contributed by atoms with van der Waals surface area (Å²) in [5, 5.41) is 0. The van der Waals surface area contributed by atoms with Crippen LogP contribution < -0.4 is 10.5 Å². The summed E-state index contributed by atoms with van der Waals surface area (Å²) in [5.74, 6) is 5.03. The second-order valence-electron chi connectivity index (χ2n) is 8.53. The van der Waals surface area contributed by atoms with Gasteiger partial charge in [-0.1, -0.05) is 12.0 Å². The highest BCUT2D eigenvalue weighted by Crippen LogP contribution is 2.36. The zero-order chi connectivity index (χ0) is 25.1. The number of aliphatic imine (C=N–C) groups is 1. The van der Waals surface area contributed by atoms with E-state index in [4.69, 9.17) is 10.5 Å². The van der Waals surface area contributed by atoms with Gasteiger partial charge in [-0.2, -0.15) is 0 Å². The van der Waals surface area contributed by atoms with Crippen molar-refractivity contribution < 1.29 is 18.1 Å². The number of hydrogen-bond acceptors (Lipinski definition) is 8. The molecule has 2 N–H and O–H groups in total. The molecular formula is C24H27FN6O3S. The Hall–Kier alpha value is -3.52. The van der Waals surface area contributed by atoms with E-state index in [1.54, 1.807) is 24.2 Å². The monoisotopic (exact) mass is 498 g/mol. The first-order valence-electron chi connectivity index (χ1n) is 11.2. The summed E-state index contributed by atoms with van der Waals surface area (Å²) in [6.45, 7) is 4.55. The van der Waals surface area contributed by atoms with Crippen molar-refractivity contribution in [3.8, 4) is 17.7 Å². The van der Waals surface area contributed by atoms with Gasteiger partial charge < -0.3 is 10.5 Å². The van der Waals surface area contributed by atoms with Gasteiger partial charge in [0, 0.05) is 18.5 Å². The lowest BCUT2D eigenvalue weighted by atomic mass is 9.91. The first kappa shape index (κ1) is 24.6. The maximum Gasteiger partial charge on any atom is 0.233 e. The predicted molar refractivity (Wildman–Crippen MR) is 131 cm³/mol. The molecule has 0 spiro atoms. The number of carbonyl (C=O) groups is 1. The van der Waals surface area contributed by atoms with Gasteiger partial charge in [0.25, 0.3) is 0 Å². The fourth-order valence-electron chi connectivity index (χ4n) is 4.10. The highest BCUT2D eigenvalue weighted by atomic mass is 32.2. The molecule has 35 heavy (non-hydrogen) atoms. The molecule has 11 heteroatoms. The van der Waals surface area contributed by atoms with Gasteiger partial charge in [-0.3, -0.25) is 9.10 Å². The Morgan fingerprint density at radius 3 is 2.89 bits per heavy atom. The third-order valence-corrected chi connectivity index (χ3v) is 8.43. The van der Waals surface area contributed by atoms with E-state index in [1.807, 2.05) is 0 Å². The molecule has 1 aromatic carbocycles. The Morgan fingerprint density at radius 2 is 2.14 bits per heavy atom. The van der Waals surface area contributed by atoms with Crippen LogP contribution in [0.1, 0.15) is 48.3 Å². The Bertz CT molecular complexity index is 1340. The second kappa shape index (κ2) is 10.00. The van der Waals surface area contributed by atoms with Crippen LogP contribution in [0.2, 0.25) is 0 Å². The Morgan fingerprint density at radius 1 is 1.31 bits per heavy atom. The Labute approximate surface area is 204 Å². The summed E-state index contributed by atoms with van der Waals surface area (Å²) in [6.07, 6.45) is 4.29. The van der Waals surface area contributed by atoms with Gasteiger partial charge in [-0.25, -0.2) is 27.9 Å². The van der Waals surface area contributed by atoms with Gasteiger partial charge in [0.2, 0.25) is 11.8 Å². The molecule has 184 valence electrons. The number of hydrogen-bond donors (Lipinski definition) is 1. The van der Waals surface area contributed by atoms with Crippen LogP contribution in [0.5, 0.6) is 5.88 Å². The fourth-order valence-corrected chi connectivity index (χ4v) is 6.60. The molecule has 2 atom stereocenters. The Kier molecular flexibility index (Phi) is 7.03. The second-order valence-corrected chi connectivity index (χ2v) is 10.7. The van der Waals surface area contributed by atoms with E-state index >= 15 is 4.39 Å². The van der Waals surface area contributed by atoms with Crippen molar-refractivity contribution in [3.63, 3.8) is 0 Å². The molecule has 0 aliphatic carbocycles. The van der Waals surface area contributed by atoms with Crippen molar-refractivity contribution in [2.45, 2.75) is 38.6 Å². The maximum absolute atomic E-state index is 15.0. The lowest BCUT2D eigenvalue weighted by Gasteiger charge is -2.38. The van der Waals surface area contributed by atoms with Gasteiger partial charge in [0.1, 0.15) is 27.0 Å². The molecule has 9 nitrogen and oxygen atoms in total. The van der Waals surface area contributed by atoms with Crippen LogP contribution in [-0.2, 0) is 21.9 Å². The van der Waals surface area contributed by atoms with Gasteiger partial charge >= 0.3 is 0 Å². The number of fused-ring (bicyclic) bond motifs is 1. The molecule has 0 bridgehead atoms. The highest BCUT2D eigenvalue weighted by molar-refractivity contribution is 7.92. The molecule has 0 radical (unpaired) electrons. The van der Waals surface area contributed by atoms with E-state index in [1.165, 1.54) is 24.5 Å². The first-order chi connectivity index (χ1) is 16.7. The van der Waals surface area contributed by atoms with Crippen LogP contribution in [-0.4, -0.2) is 55.7 Å². The van der Waals surface area contributed by atoms with Crippen LogP contribution in [0.4, 0.5) is 4.39 Å². The van der Waals surface area contributed by atoms with Gasteiger partial charge in [-0.05, 0) is 44.4 Å². The van der Waals surface area contributed by atoms with Crippen molar-refractivity contribution in [3.05, 3.63) is 53.2 Å². The van der Waals surface area contributed by atoms with Crippen molar-refractivity contribution >= 4 is 21.7 Å². The summed E-state index contributed by atoms with van der Waals surface area (Å²) in [4.78, 5) is 25.5. The van der Waals surface area contributed by atoms with Gasteiger partial charge in [0.05, 0.1) is 24.7 Å². The molecule has 0 saturated heterocycles. The number of nitrogens with zero attached hydrogens (tertiary/aromatic N) is 5. The number of carbonyl (C=O) groups excluding carboxylic acids is 1. The van der Waals surface area contributed by atoms with Gasteiger partial charge in [0.15, 0.2) is 12.4 Å². The third kappa shape index (κ3) is 5.27. The van der Waals surface area contributed by atoms with E-state index in [-0.39, 0.29) is 47.7 Å². The van der Waals surface area contributed by atoms with E-state index in [2.05, 4.69) is 31.2 Å². The summed E-state index contributed by atoms with van der Waals surface area (Å²) in [5.41, 5.74) is 5.94. The number of Topliss-reactive ketones (excluding diaryl/α,β-unsaturated/α-hetero) is 1. The normalized spacial score (nSPS) is 23.6. The molecule has 2 aromatic rings. The largest absolute Gasteiger partial charge is 0.463 e. The number of benzene rings is 1. The average molecular weight is 499 g/mol. The Balaban J connectivity index is 1.58. The maximum atomic E-state index is 15.0. The van der Waals surface area contributed by atoms with Crippen LogP contribution in [0, 0.1) is 17.7 Å². The minimum Gasteiger partial charge on any atom is -0.463 e. The molecule has 0 fully saturated rings. The quantitative estimate of drug-likeness (QED) is 0.482. The van der Waals surface area contributed by atoms with Crippen molar-refractivity contribution in [1.29, 1.82) is 0 Å². The van der Waals surface area contributed by atoms with E-state index in [0.717, 1.165) is 12.8 Å². The number of rotatable bonds is 6. The minimum atomic E-state index is -2.85. The summed E-state index contributed by atoms with van der Waals surface area (Å²) in [7, 11) is -2.85. The summed E-state index contributed by atoms with van der Waals surface area (Å²) >= 11 is 0. The van der Waals surface area contributed by atoms with Crippen LogP contribution in [0.3, 0.4) is 0 Å². The number of nitrogens with two attached hydrogens (primary N) is 1. The molecule has 3 heterocycles. The minimum absolute atomic E-state index is 0.0182. The van der Waals surface area contributed by atoms with E-state index < -0.39 is 21.3 Å². The van der Waals surface area contributed by atoms with Crippen molar-refractivity contribution in [1.82, 2.24) is 14.3 Å². The number of aromatic nitrogens is 2. The third-order valence-electron chi connectivity index (χ3n) is 5.85.